The molecule has 0 saturated carbocycles. The van der Waals surface area contributed by atoms with Gasteiger partial charge in [-0.1, -0.05) is 13.3 Å². The zero-order valence-electron chi connectivity index (χ0n) is 13.6. The van der Waals surface area contributed by atoms with E-state index in [4.69, 9.17) is 9.47 Å². The minimum atomic E-state index is -0.430. The van der Waals surface area contributed by atoms with E-state index in [-0.39, 0.29) is 6.09 Å². The molecule has 0 radical (unpaired) electrons. The summed E-state index contributed by atoms with van der Waals surface area (Å²) >= 11 is 0. The highest BCUT2D eigenvalue weighted by molar-refractivity contribution is 5.67. The number of carbonyl (C=O) groups is 1. The highest BCUT2D eigenvalue weighted by atomic mass is 16.6. The predicted molar refractivity (Wildman–Crippen MR) is 82.1 cm³/mol. The van der Waals surface area contributed by atoms with Crippen molar-refractivity contribution in [1.82, 2.24) is 10.6 Å². The Kier molecular flexibility index (Phi) is 11.5. The van der Waals surface area contributed by atoms with Crippen LogP contribution >= 0.6 is 0 Å². The van der Waals surface area contributed by atoms with E-state index in [1.807, 2.05) is 20.8 Å². The minimum Gasteiger partial charge on any atom is -0.444 e. The van der Waals surface area contributed by atoms with Gasteiger partial charge in [0.1, 0.15) is 5.60 Å². The molecule has 0 heterocycles. The topological polar surface area (TPSA) is 59.6 Å². The molecule has 5 heteroatoms. The number of nitrogens with one attached hydrogen (secondary N) is 2. The highest BCUT2D eigenvalue weighted by Crippen LogP contribution is 2.06. The second-order valence-electron chi connectivity index (χ2n) is 5.85. The molecule has 1 amide bonds. The monoisotopic (exact) mass is 288 g/mol. The third kappa shape index (κ3) is 15.2. The molecule has 0 rings (SSSR count). The van der Waals surface area contributed by atoms with E-state index in [0.717, 1.165) is 45.6 Å². The maximum absolute atomic E-state index is 11.3. The normalized spacial score (nSPS) is 11.4. The van der Waals surface area contributed by atoms with Gasteiger partial charge in [-0.3, -0.25) is 0 Å². The molecule has 20 heavy (non-hydrogen) atoms. The van der Waals surface area contributed by atoms with Crippen LogP contribution in [0, 0.1) is 0 Å². The van der Waals surface area contributed by atoms with Crippen LogP contribution in [-0.4, -0.2) is 44.5 Å². The highest BCUT2D eigenvalue weighted by Gasteiger charge is 2.15. The number of unbranched alkanes of at least 4 members (excludes halogenated alkanes) is 1. The van der Waals surface area contributed by atoms with Gasteiger partial charge in [-0.2, -0.15) is 0 Å². The largest absolute Gasteiger partial charge is 0.444 e. The molecule has 0 unspecified atom stereocenters. The van der Waals surface area contributed by atoms with Gasteiger partial charge in [-0.05, 0) is 53.1 Å². The summed E-state index contributed by atoms with van der Waals surface area (Å²) in [6, 6.07) is 0. The Morgan fingerprint density at radius 1 is 1.00 bits per heavy atom. The first kappa shape index (κ1) is 19.2. The maximum Gasteiger partial charge on any atom is 0.407 e. The molecule has 5 nitrogen and oxygen atoms in total. The fourth-order valence-corrected chi connectivity index (χ4v) is 1.49. The fourth-order valence-electron chi connectivity index (χ4n) is 1.49. The van der Waals surface area contributed by atoms with Crippen molar-refractivity contribution in [3.63, 3.8) is 0 Å². The number of ether oxygens (including phenoxy) is 2. The van der Waals surface area contributed by atoms with Crippen LogP contribution in [0.25, 0.3) is 0 Å². The molecular weight excluding hydrogens is 256 g/mol. The Morgan fingerprint density at radius 2 is 1.65 bits per heavy atom. The lowest BCUT2D eigenvalue weighted by molar-refractivity contribution is 0.0527. The minimum absolute atomic E-state index is 0.346. The zero-order chi connectivity index (χ0) is 15.3. The molecule has 0 fully saturated rings. The van der Waals surface area contributed by atoms with E-state index in [1.54, 1.807) is 0 Å². The molecule has 2 N–H and O–H groups in total. The van der Waals surface area contributed by atoms with Crippen molar-refractivity contribution in [2.24, 2.45) is 0 Å². The van der Waals surface area contributed by atoms with Crippen LogP contribution in [0.5, 0.6) is 0 Å². The summed E-state index contributed by atoms with van der Waals surface area (Å²) in [7, 11) is 0. The lowest BCUT2D eigenvalue weighted by atomic mass is 10.2. The summed E-state index contributed by atoms with van der Waals surface area (Å²) in [4.78, 5) is 11.3. The third-order valence-electron chi connectivity index (χ3n) is 2.48. The lowest BCUT2D eigenvalue weighted by Gasteiger charge is -2.19. The van der Waals surface area contributed by atoms with Crippen molar-refractivity contribution in [2.75, 3.05) is 32.8 Å². The van der Waals surface area contributed by atoms with Crippen LogP contribution < -0.4 is 10.6 Å². The van der Waals surface area contributed by atoms with Gasteiger partial charge < -0.3 is 20.1 Å². The predicted octanol–water partition coefficient (Wildman–Crippen LogP) is 2.70. The van der Waals surface area contributed by atoms with Crippen molar-refractivity contribution in [3.8, 4) is 0 Å². The van der Waals surface area contributed by atoms with Crippen LogP contribution in [0.4, 0.5) is 4.79 Å². The van der Waals surface area contributed by atoms with Gasteiger partial charge in [0.2, 0.25) is 0 Å². The quantitative estimate of drug-likeness (QED) is 0.574. The number of hydrogen-bond acceptors (Lipinski definition) is 4. The number of amides is 1. The summed E-state index contributed by atoms with van der Waals surface area (Å²) < 4.78 is 10.6. The van der Waals surface area contributed by atoms with Crippen molar-refractivity contribution in [3.05, 3.63) is 0 Å². The first-order valence-corrected chi connectivity index (χ1v) is 7.71. The Morgan fingerprint density at radius 3 is 2.30 bits per heavy atom. The molecule has 0 aromatic heterocycles. The Balaban J connectivity index is 3.19. The Bertz CT molecular complexity index is 240. The van der Waals surface area contributed by atoms with Gasteiger partial charge in [0.05, 0.1) is 0 Å². The molecular formula is C15H32N2O3. The van der Waals surface area contributed by atoms with Crippen LogP contribution in [0.1, 0.15) is 53.4 Å². The fraction of sp³-hybridized carbons (Fsp3) is 0.933. The van der Waals surface area contributed by atoms with Crippen molar-refractivity contribution in [1.29, 1.82) is 0 Å². The number of rotatable bonds is 11. The molecule has 0 aliphatic rings. The third-order valence-corrected chi connectivity index (χ3v) is 2.48. The summed E-state index contributed by atoms with van der Waals surface area (Å²) in [5.41, 5.74) is -0.430. The molecule has 0 aromatic rings. The van der Waals surface area contributed by atoms with Crippen molar-refractivity contribution >= 4 is 6.09 Å². The van der Waals surface area contributed by atoms with Gasteiger partial charge in [-0.15, -0.1) is 0 Å². The number of carbonyl (C=O) groups excluding carboxylic acids is 1. The van der Waals surface area contributed by atoms with Crippen molar-refractivity contribution in [2.45, 2.75) is 59.0 Å². The maximum atomic E-state index is 11.3. The second-order valence-corrected chi connectivity index (χ2v) is 5.85. The average molecular weight is 288 g/mol. The number of alkyl carbamates (subject to hydrolysis) is 1. The summed E-state index contributed by atoms with van der Waals surface area (Å²) in [6.45, 7) is 11.9. The standard InChI is InChI=1S/C15H32N2O3/c1-5-6-12-19-13-8-10-16-9-7-11-17-14(18)20-15(2,3)4/h16H,5-13H2,1-4H3,(H,17,18). The van der Waals surface area contributed by atoms with Gasteiger partial charge in [0.15, 0.2) is 0 Å². The van der Waals surface area contributed by atoms with E-state index in [2.05, 4.69) is 17.6 Å². The van der Waals surface area contributed by atoms with Crippen LogP contribution in [0.3, 0.4) is 0 Å². The van der Waals surface area contributed by atoms with E-state index in [0.29, 0.717) is 6.54 Å². The molecule has 0 saturated heterocycles. The van der Waals surface area contributed by atoms with Gasteiger partial charge in [0, 0.05) is 19.8 Å². The van der Waals surface area contributed by atoms with Gasteiger partial charge >= 0.3 is 6.09 Å². The molecule has 0 atom stereocenters. The summed E-state index contributed by atoms with van der Waals surface area (Å²) in [6.07, 6.45) is 3.91. The smallest absolute Gasteiger partial charge is 0.407 e. The molecule has 120 valence electrons. The van der Waals surface area contributed by atoms with Crippen molar-refractivity contribution < 1.29 is 14.3 Å². The van der Waals surface area contributed by atoms with E-state index in [1.165, 1.54) is 6.42 Å². The molecule has 0 spiro atoms. The van der Waals surface area contributed by atoms with Crippen LogP contribution in [-0.2, 0) is 9.47 Å². The van der Waals surface area contributed by atoms with Crippen LogP contribution in [0.2, 0.25) is 0 Å². The average Bonchev–Trinajstić information content (AvgIpc) is 2.34. The molecule has 0 aliphatic heterocycles. The second kappa shape index (κ2) is 12.0. The zero-order valence-corrected chi connectivity index (χ0v) is 13.6. The van der Waals surface area contributed by atoms with E-state index < -0.39 is 5.60 Å². The lowest BCUT2D eigenvalue weighted by Crippen LogP contribution is -2.34. The Labute approximate surface area is 123 Å². The Hall–Kier alpha value is -0.810. The summed E-state index contributed by atoms with van der Waals surface area (Å²) in [5.74, 6) is 0. The SMILES string of the molecule is CCCCOCCCNCCCNC(=O)OC(C)(C)C. The van der Waals surface area contributed by atoms with Gasteiger partial charge in [-0.25, -0.2) is 4.79 Å². The van der Waals surface area contributed by atoms with Crippen LogP contribution in [0.15, 0.2) is 0 Å². The number of hydrogen-bond donors (Lipinski definition) is 2. The molecule has 0 bridgehead atoms. The molecule has 0 aromatic carbocycles. The molecule has 0 aliphatic carbocycles. The van der Waals surface area contributed by atoms with E-state index in [9.17, 15) is 4.79 Å². The first-order chi connectivity index (χ1) is 9.45. The van der Waals surface area contributed by atoms with E-state index >= 15 is 0 Å². The first-order valence-electron chi connectivity index (χ1n) is 7.71. The van der Waals surface area contributed by atoms with Gasteiger partial charge in [0.25, 0.3) is 0 Å². The summed E-state index contributed by atoms with van der Waals surface area (Å²) in [5, 5.41) is 6.06.